The molecular weight excluding hydrogens is 387 g/mol. The lowest BCUT2D eigenvalue weighted by Crippen LogP contribution is -2.12. The number of hydrogen-bond acceptors (Lipinski definition) is 1. The van der Waals surface area contributed by atoms with Crippen LogP contribution in [0.15, 0.2) is 61.2 Å². The van der Waals surface area contributed by atoms with Crippen LogP contribution in [0.1, 0.15) is 24.0 Å². The number of aromatic nitrogens is 2. The molecule has 0 aliphatic heterocycles. The molecule has 1 heterocycles. The number of hydrogen-bond donors (Lipinski definition) is 0. The Balaban J connectivity index is 1.63. The van der Waals surface area contributed by atoms with Gasteiger partial charge in [0.15, 0.2) is 0 Å². The van der Waals surface area contributed by atoms with Gasteiger partial charge in [0.1, 0.15) is 0 Å². The van der Waals surface area contributed by atoms with E-state index in [0.29, 0.717) is 10.9 Å². The Morgan fingerprint density at radius 3 is 2.31 bits per heavy atom. The Kier molecular flexibility index (Phi) is 7.01. The largest absolute Gasteiger partial charge is 0.337 e. The maximum Gasteiger partial charge on any atom is 0.0945 e. The molecule has 136 valence electrons. The highest BCUT2D eigenvalue weighted by Crippen LogP contribution is 2.25. The molecule has 0 fully saturated rings. The zero-order valence-corrected chi connectivity index (χ0v) is 16.7. The van der Waals surface area contributed by atoms with Crippen molar-refractivity contribution in [3.05, 3.63) is 87.4 Å². The molecule has 2 nitrogen and oxygen atoms in total. The minimum absolute atomic E-state index is 0.534. The first-order chi connectivity index (χ1) is 12.6. The molecule has 0 spiro atoms. The lowest BCUT2D eigenvalue weighted by atomic mass is 9.93. The Morgan fingerprint density at radius 1 is 0.885 bits per heavy atom. The Bertz CT molecular complexity index is 814. The minimum atomic E-state index is 0.534. The Hall–Kier alpha value is -1.48. The molecule has 0 amide bonds. The van der Waals surface area contributed by atoms with Gasteiger partial charge >= 0.3 is 0 Å². The zero-order valence-electron chi connectivity index (χ0n) is 14.4. The number of nitrogens with zero attached hydrogens (tertiary/aromatic N) is 2. The summed E-state index contributed by atoms with van der Waals surface area (Å²) in [6, 6.07) is 13.9. The van der Waals surface area contributed by atoms with Crippen LogP contribution in [0.4, 0.5) is 0 Å². The summed E-state index contributed by atoms with van der Waals surface area (Å²) in [4.78, 5) is 4.16. The topological polar surface area (TPSA) is 17.8 Å². The highest BCUT2D eigenvalue weighted by atomic mass is 35.5. The number of rotatable bonds is 8. The van der Waals surface area contributed by atoms with E-state index in [4.69, 9.17) is 34.8 Å². The maximum atomic E-state index is 6.33. The van der Waals surface area contributed by atoms with Crippen molar-refractivity contribution in [2.45, 2.75) is 32.2 Å². The third-order valence-corrected chi connectivity index (χ3v) is 5.46. The molecule has 0 bridgehead atoms. The van der Waals surface area contributed by atoms with Crippen molar-refractivity contribution in [2.75, 3.05) is 0 Å². The third kappa shape index (κ3) is 5.77. The number of imidazole rings is 1. The maximum absolute atomic E-state index is 6.33. The van der Waals surface area contributed by atoms with E-state index in [-0.39, 0.29) is 0 Å². The summed E-state index contributed by atoms with van der Waals surface area (Å²) in [5.74, 6) is 0.534. The second kappa shape index (κ2) is 9.45. The van der Waals surface area contributed by atoms with Crippen LogP contribution in [0.3, 0.4) is 0 Å². The van der Waals surface area contributed by atoms with Gasteiger partial charge in [0.05, 0.1) is 6.33 Å². The van der Waals surface area contributed by atoms with Gasteiger partial charge in [-0.05, 0) is 67.0 Å². The standard InChI is InChI=1S/C21H21Cl3N2/c22-19-8-4-16(5-9-19)1-2-17(14-26-12-11-25-15-26)3-6-18-7-10-20(23)13-21(18)24/h4-5,7-13,15,17H,1-3,6,14H2. The Morgan fingerprint density at radius 2 is 1.62 bits per heavy atom. The van der Waals surface area contributed by atoms with Crippen molar-refractivity contribution >= 4 is 34.8 Å². The van der Waals surface area contributed by atoms with E-state index in [1.807, 2.05) is 49.1 Å². The summed E-state index contributed by atoms with van der Waals surface area (Å²) in [5, 5.41) is 2.20. The fourth-order valence-corrected chi connectivity index (χ4v) is 3.75. The van der Waals surface area contributed by atoms with E-state index in [2.05, 4.69) is 21.7 Å². The number of aryl methyl sites for hydroxylation is 2. The summed E-state index contributed by atoms with van der Waals surface area (Å²) in [6.45, 7) is 0.957. The van der Waals surface area contributed by atoms with Crippen LogP contribution in [0.5, 0.6) is 0 Å². The molecule has 0 N–H and O–H groups in total. The third-order valence-electron chi connectivity index (χ3n) is 4.62. The van der Waals surface area contributed by atoms with Gasteiger partial charge in [-0.1, -0.05) is 53.0 Å². The molecule has 3 aromatic rings. The van der Waals surface area contributed by atoms with Crippen LogP contribution in [-0.4, -0.2) is 9.55 Å². The monoisotopic (exact) mass is 406 g/mol. The van der Waals surface area contributed by atoms with E-state index in [1.54, 1.807) is 0 Å². The first-order valence-electron chi connectivity index (χ1n) is 8.74. The van der Waals surface area contributed by atoms with Crippen LogP contribution in [-0.2, 0) is 19.4 Å². The van der Waals surface area contributed by atoms with E-state index >= 15 is 0 Å². The lowest BCUT2D eigenvalue weighted by Gasteiger charge is -2.18. The van der Waals surface area contributed by atoms with Gasteiger partial charge < -0.3 is 4.57 Å². The summed E-state index contributed by atoms with van der Waals surface area (Å²) in [5.41, 5.74) is 2.47. The lowest BCUT2D eigenvalue weighted by molar-refractivity contribution is 0.388. The molecule has 0 radical (unpaired) electrons. The molecule has 26 heavy (non-hydrogen) atoms. The van der Waals surface area contributed by atoms with E-state index in [1.165, 1.54) is 5.56 Å². The van der Waals surface area contributed by atoms with Crippen molar-refractivity contribution in [2.24, 2.45) is 5.92 Å². The smallest absolute Gasteiger partial charge is 0.0945 e. The van der Waals surface area contributed by atoms with Gasteiger partial charge in [0.2, 0.25) is 0 Å². The SMILES string of the molecule is Clc1ccc(CCC(CCc2ccc(Cl)cc2Cl)Cn2ccnc2)cc1. The Labute approximate surface area is 169 Å². The number of halogens is 3. The summed E-state index contributed by atoms with van der Waals surface area (Å²) in [7, 11) is 0. The van der Waals surface area contributed by atoms with E-state index < -0.39 is 0 Å². The van der Waals surface area contributed by atoms with Gasteiger partial charge in [-0.2, -0.15) is 0 Å². The van der Waals surface area contributed by atoms with Crippen LogP contribution < -0.4 is 0 Å². The minimum Gasteiger partial charge on any atom is -0.337 e. The van der Waals surface area contributed by atoms with Crippen LogP contribution in [0.25, 0.3) is 0 Å². The van der Waals surface area contributed by atoms with Crippen molar-refractivity contribution in [3.8, 4) is 0 Å². The second-order valence-corrected chi connectivity index (χ2v) is 7.85. The zero-order chi connectivity index (χ0) is 18.4. The van der Waals surface area contributed by atoms with Crippen molar-refractivity contribution in [1.29, 1.82) is 0 Å². The average Bonchev–Trinajstić information content (AvgIpc) is 3.13. The first kappa shape index (κ1) is 19.3. The first-order valence-corrected chi connectivity index (χ1v) is 9.87. The molecule has 0 aliphatic carbocycles. The average molecular weight is 408 g/mol. The van der Waals surface area contributed by atoms with E-state index in [9.17, 15) is 0 Å². The highest BCUT2D eigenvalue weighted by molar-refractivity contribution is 6.35. The predicted octanol–water partition coefficient (Wildman–Crippen LogP) is 6.73. The van der Waals surface area contributed by atoms with Gasteiger partial charge in [-0.3, -0.25) is 0 Å². The molecule has 2 aromatic carbocycles. The van der Waals surface area contributed by atoms with Gasteiger partial charge in [0.25, 0.3) is 0 Å². The van der Waals surface area contributed by atoms with Gasteiger partial charge in [-0.25, -0.2) is 4.98 Å². The van der Waals surface area contributed by atoms with Crippen LogP contribution >= 0.6 is 34.8 Å². The molecule has 0 saturated heterocycles. The molecule has 5 heteroatoms. The summed E-state index contributed by atoms with van der Waals surface area (Å²) < 4.78 is 2.15. The van der Waals surface area contributed by atoms with Crippen molar-refractivity contribution in [1.82, 2.24) is 9.55 Å². The summed E-state index contributed by atoms with van der Waals surface area (Å²) >= 11 is 18.3. The van der Waals surface area contributed by atoms with Crippen molar-refractivity contribution in [3.63, 3.8) is 0 Å². The normalized spacial score (nSPS) is 12.3. The molecule has 1 atom stereocenters. The van der Waals surface area contributed by atoms with Gasteiger partial charge in [-0.15, -0.1) is 0 Å². The molecule has 0 aliphatic rings. The quantitative estimate of drug-likeness (QED) is 0.405. The molecule has 0 saturated carbocycles. The molecular formula is C21H21Cl3N2. The van der Waals surface area contributed by atoms with E-state index in [0.717, 1.165) is 47.8 Å². The second-order valence-electron chi connectivity index (χ2n) is 6.57. The molecule has 1 aromatic heterocycles. The fraction of sp³-hybridized carbons (Fsp3) is 0.286. The fourth-order valence-electron chi connectivity index (χ4n) is 3.13. The van der Waals surface area contributed by atoms with Crippen molar-refractivity contribution < 1.29 is 0 Å². The summed E-state index contributed by atoms with van der Waals surface area (Å²) in [6.07, 6.45) is 9.86. The van der Waals surface area contributed by atoms with Crippen LogP contribution in [0.2, 0.25) is 15.1 Å². The molecule has 1 unspecified atom stereocenters. The predicted molar refractivity (Wildman–Crippen MR) is 110 cm³/mol. The molecule has 3 rings (SSSR count). The van der Waals surface area contributed by atoms with Gasteiger partial charge in [0, 0.05) is 34.0 Å². The highest BCUT2D eigenvalue weighted by Gasteiger charge is 2.12. The van der Waals surface area contributed by atoms with Crippen LogP contribution in [0, 0.1) is 5.92 Å². The number of benzene rings is 2.